The maximum Gasteiger partial charge on any atom is 0.0495 e. The fourth-order valence-corrected chi connectivity index (χ4v) is 6.22. The quantitative estimate of drug-likeness (QED) is 0.248. The van der Waals surface area contributed by atoms with Gasteiger partial charge in [0.2, 0.25) is 0 Å². The predicted octanol–water partition coefficient (Wildman–Crippen LogP) is 8.55. The first-order valence-electron chi connectivity index (χ1n) is 12.9. The molecule has 0 aliphatic rings. The summed E-state index contributed by atoms with van der Waals surface area (Å²) in [6.45, 7) is 13.3. The number of benzene rings is 3. The van der Waals surface area contributed by atoms with Gasteiger partial charge in [0, 0.05) is 35.6 Å². The Bertz CT molecular complexity index is 1310. The van der Waals surface area contributed by atoms with E-state index in [-0.39, 0.29) is 11.8 Å². The fourth-order valence-electron chi connectivity index (χ4n) is 6.22. The van der Waals surface area contributed by atoms with Crippen molar-refractivity contribution in [2.45, 2.75) is 53.4 Å². The molecule has 2 heterocycles. The molecular weight excluding hydrogens is 436 g/mol. The van der Waals surface area contributed by atoms with Crippen LogP contribution in [0.4, 0.5) is 0 Å². The number of aryl methyl sites for hydroxylation is 6. The molecule has 0 fully saturated rings. The van der Waals surface area contributed by atoms with Crippen LogP contribution in [0.15, 0.2) is 85.2 Å². The number of hydrogen-bond acceptors (Lipinski definition) is 0. The molecular formula is C34H36N2. The van der Waals surface area contributed by atoms with E-state index in [2.05, 4.69) is 124 Å². The van der Waals surface area contributed by atoms with E-state index < -0.39 is 0 Å². The molecule has 2 aromatic heterocycles. The van der Waals surface area contributed by atoms with E-state index in [1.54, 1.807) is 0 Å². The van der Waals surface area contributed by atoms with Gasteiger partial charge in [-0.3, -0.25) is 0 Å². The molecule has 0 aliphatic heterocycles. The van der Waals surface area contributed by atoms with Crippen LogP contribution < -0.4 is 0 Å². The Labute approximate surface area is 215 Å². The number of aromatic amines is 2. The van der Waals surface area contributed by atoms with Crippen LogP contribution in [-0.2, 0) is 0 Å². The average Bonchev–Trinajstić information content (AvgIpc) is 3.53. The molecule has 36 heavy (non-hydrogen) atoms. The first-order valence-corrected chi connectivity index (χ1v) is 12.9. The van der Waals surface area contributed by atoms with Gasteiger partial charge in [0.15, 0.2) is 0 Å². The third kappa shape index (κ3) is 4.44. The molecule has 0 spiro atoms. The monoisotopic (exact) mass is 472 g/mol. The molecule has 5 rings (SSSR count). The van der Waals surface area contributed by atoms with E-state index in [1.165, 1.54) is 67.0 Å². The second-order valence-electron chi connectivity index (χ2n) is 10.4. The van der Waals surface area contributed by atoms with Crippen LogP contribution in [0, 0.1) is 41.5 Å². The van der Waals surface area contributed by atoms with Crippen molar-refractivity contribution in [3.63, 3.8) is 0 Å². The van der Waals surface area contributed by atoms with Crippen molar-refractivity contribution < 1.29 is 0 Å². The van der Waals surface area contributed by atoms with Crippen molar-refractivity contribution in [3.8, 4) is 0 Å². The summed E-state index contributed by atoms with van der Waals surface area (Å²) in [5.41, 5.74) is 15.8. The predicted molar refractivity (Wildman–Crippen MR) is 151 cm³/mol. The summed E-state index contributed by atoms with van der Waals surface area (Å²) < 4.78 is 0. The summed E-state index contributed by atoms with van der Waals surface area (Å²) in [6, 6.07) is 27.1. The largest absolute Gasteiger partial charge is 0.364 e. The molecule has 2 unspecified atom stereocenters. The molecule has 2 atom stereocenters. The van der Waals surface area contributed by atoms with Crippen molar-refractivity contribution in [1.29, 1.82) is 0 Å². The van der Waals surface area contributed by atoms with Gasteiger partial charge in [-0.15, -0.1) is 0 Å². The Morgan fingerprint density at radius 3 is 1.08 bits per heavy atom. The van der Waals surface area contributed by atoms with Crippen LogP contribution in [0.3, 0.4) is 0 Å². The standard InChI is InChI=1S/C34H36N2/c1-21-17-23(3)31(24(4)18-21)33(29-9-7-15-35-29)27-11-13-28(14-12-27)34(30-10-8-16-36-30)32-25(5)19-22(2)20-26(32)6/h7-20,33-36H,1-6H3. The molecule has 2 heteroatoms. The number of rotatable bonds is 6. The van der Waals surface area contributed by atoms with Crippen molar-refractivity contribution in [3.05, 3.63) is 152 Å². The lowest BCUT2D eigenvalue weighted by molar-refractivity contribution is 0.889. The lowest BCUT2D eigenvalue weighted by Crippen LogP contribution is -2.11. The van der Waals surface area contributed by atoms with Gasteiger partial charge in [-0.1, -0.05) is 59.7 Å². The Morgan fingerprint density at radius 2 is 0.806 bits per heavy atom. The summed E-state index contributed by atoms with van der Waals surface area (Å²) in [6.07, 6.45) is 4.06. The number of nitrogens with one attached hydrogen (secondary N) is 2. The van der Waals surface area contributed by atoms with Crippen LogP contribution in [0.1, 0.15) is 78.9 Å². The van der Waals surface area contributed by atoms with Crippen LogP contribution in [-0.4, -0.2) is 9.97 Å². The SMILES string of the molecule is Cc1cc(C)c(C(c2ccc(C(c3ccc[nH]3)c3c(C)cc(C)cc3C)cc2)c2ccc[nH]2)c(C)c1. The van der Waals surface area contributed by atoms with Crippen molar-refractivity contribution in [2.24, 2.45) is 0 Å². The Hall–Kier alpha value is -3.78. The Morgan fingerprint density at radius 1 is 0.472 bits per heavy atom. The van der Waals surface area contributed by atoms with Gasteiger partial charge < -0.3 is 9.97 Å². The highest BCUT2D eigenvalue weighted by molar-refractivity contribution is 5.53. The second-order valence-corrected chi connectivity index (χ2v) is 10.4. The van der Waals surface area contributed by atoms with E-state index in [0.717, 1.165) is 0 Å². The normalized spacial score (nSPS) is 13.1. The molecule has 0 radical (unpaired) electrons. The molecule has 0 aliphatic carbocycles. The maximum atomic E-state index is 3.50. The first kappa shape index (κ1) is 23.9. The van der Waals surface area contributed by atoms with E-state index in [0.29, 0.717) is 0 Å². The fraction of sp³-hybridized carbons (Fsp3) is 0.235. The minimum Gasteiger partial charge on any atom is -0.364 e. The third-order valence-corrected chi connectivity index (χ3v) is 7.52. The van der Waals surface area contributed by atoms with Gasteiger partial charge >= 0.3 is 0 Å². The molecule has 182 valence electrons. The average molecular weight is 473 g/mol. The Balaban J connectivity index is 1.63. The van der Waals surface area contributed by atoms with Gasteiger partial charge in [-0.25, -0.2) is 0 Å². The minimum absolute atomic E-state index is 0.168. The topological polar surface area (TPSA) is 31.6 Å². The molecule has 2 nitrogen and oxygen atoms in total. The smallest absolute Gasteiger partial charge is 0.0495 e. The minimum atomic E-state index is 0.168. The van der Waals surface area contributed by atoms with Crippen LogP contribution >= 0.6 is 0 Å². The van der Waals surface area contributed by atoms with Crippen molar-refractivity contribution >= 4 is 0 Å². The summed E-state index contributed by atoms with van der Waals surface area (Å²) >= 11 is 0. The zero-order valence-electron chi connectivity index (χ0n) is 22.2. The highest BCUT2D eigenvalue weighted by Gasteiger charge is 2.25. The van der Waals surface area contributed by atoms with Crippen molar-refractivity contribution in [1.82, 2.24) is 9.97 Å². The molecule has 2 N–H and O–H groups in total. The second kappa shape index (κ2) is 9.70. The zero-order valence-corrected chi connectivity index (χ0v) is 22.2. The van der Waals surface area contributed by atoms with Crippen LogP contribution in [0.5, 0.6) is 0 Å². The van der Waals surface area contributed by atoms with Crippen LogP contribution in [0.25, 0.3) is 0 Å². The summed E-state index contributed by atoms with van der Waals surface area (Å²) in [5, 5.41) is 0. The highest BCUT2D eigenvalue weighted by Crippen LogP contribution is 2.39. The van der Waals surface area contributed by atoms with Crippen molar-refractivity contribution in [2.75, 3.05) is 0 Å². The van der Waals surface area contributed by atoms with E-state index in [4.69, 9.17) is 0 Å². The molecule has 0 saturated heterocycles. The first-order chi connectivity index (χ1) is 17.3. The zero-order chi connectivity index (χ0) is 25.4. The summed E-state index contributed by atoms with van der Waals surface area (Å²) in [5.74, 6) is 0.336. The van der Waals surface area contributed by atoms with Gasteiger partial charge in [0.05, 0.1) is 0 Å². The summed E-state index contributed by atoms with van der Waals surface area (Å²) in [7, 11) is 0. The lowest BCUT2D eigenvalue weighted by atomic mass is 9.80. The van der Waals surface area contributed by atoms with Gasteiger partial charge in [-0.05, 0) is 110 Å². The maximum absolute atomic E-state index is 3.50. The van der Waals surface area contributed by atoms with E-state index in [1.807, 2.05) is 12.4 Å². The van der Waals surface area contributed by atoms with Crippen LogP contribution in [0.2, 0.25) is 0 Å². The molecule has 3 aromatic carbocycles. The molecule has 0 saturated carbocycles. The molecule has 0 amide bonds. The number of H-pyrrole nitrogens is 2. The molecule has 0 bridgehead atoms. The lowest BCUT2D eigenvalue weighted by Gasteiger charge is -2.25. The van der Waals surface area contributed by atoms with Gasteiger partial charge in [0.25, 0.3) is 0 Å². The highest BCUT2D eigenvalue weighted by atomic mass is 14.7. The van der Waals surface area contributed by atoms with E-state index >= 15 is 0 Å². The van der Waals surface area contributed by atoms with Gasteiger partial charge in [-0.2, -0.15) is 0 Å². The number of hydrogen-bond donors (Lipinski definition) is 2. The third-order valence-electron chi connectivity index (χ3n) is 7.52. The number of aromatic nitrogens is 2. The molecule has 5 aromatic rings. The summed E-state index contributed by atoms with van der Waals surface area (Å²) in [4.78, 5) is 7.01. The Kier molecular flexibility index (Phi) is 6.45. The van der Waals surface area contributed by atoms with Gasteiger partial charge in [0.1, 0.15) is 0 Å². The van der Waals surface area contributed by atoms with E-state index in [9.17, 15) is 0 Å².